The van der Waals surface area contributed by atoms with Crippen molar-refractivity contribution in [3.8, 4) is 0 Å². The van der Waals surface area contributed by atoms with Crippen molar-refractivity contribution < 1.29 is 4.79 Å². The molecule has 0 radical (unpaired) electrons. The molecule has 6 heteroatoms. The van der Waals surface area contributed by atoms with E-state index in [-0.39, 0.29) is 6.03 Å². The minimum absolute atomic E-state index is 0.249. The van der Waals surface area contributed by atoms with E-state index in [1.807, 2.05) is 36.4 Å². The molecule has 0 heterocycles. The van der Waals surface area contributed by atoms with Gasteiger partial charge in [0.2, 0.25) is 0 Å². The van der Waals surface area contributed by atoms with Crippen LogP contribution in [0, 0.1) is 0 Å². The van der Waals surface area contributed by atoms with E-state index in [0.29, 0.717) is 16.6 Å². The van der Waals surface area contributed by atoms with Gasteiger partial charge < -0.3 is 16.0 Å². The second-order valence-corrected chi connectivity index (χ2v) is 5.13. The van der Waals surface area contributed by atoms with Gasteiger partial charge in [-0.15, -0.1) is 0 Å². The van der Waals surface area contributed by atoms with Crippen molar-refractivity contribution in [1.82, 2.24) is 5.32 Å². The molecule has 0 spiro atoms. The second kappa shape index (κ2) is 7.20. The number of halogens is 2. The molecule has 0 atom stereocenters. The SMILES string of the molecule is CNC(=O)Nc1ccc(NCc2cccc(Cl)c2Cl)cc1. The molecule has 2 aromatic carbocycles. The fraction of sp³-hybridized carbons (Fsp3) is 0.133. The van der Waals surface area contributed by atoms with E-state index >= 15 is 0 Å². The predicted octanol–water partition coefficient (Wildman–Crippen LogP) is 4.36. The molecule has 0 aliphatic carbocycles. The molecular formula is C15H15Cl2N3O. The van der Waals surface area contributed by atoms with Crippen molar-refractivity contribution in [2.75, 3.05) is 17.7 Å². The highest BCUT2D eigenvalue weighted by molar-refractivity contribution is 6.42. The van der Waals surface area contributed by atoms with Crippen LogP contribution in [-0.2, 0) is 6.54 Å². The van der Waals surface area contributed by atoms with E-state index in [0.717, 1.165) is 16.9 Å². The highest BCUT2D eigenvalue weighted by Crippen LogP contribution is 2.26. The summed E-state index contributed by atoms with van der Waals surface area (Å²) in [5.74, 6) is 0. The Morgan fingerprint density at radius 2 is 1.71 bits per heavy atom. The fourth-order valence-corrected chi connectivity index (χ4v) is 2.13. The number of rotatable bonds is 4. The molecule has 110 valence electrons. The summed E-state index contributed by atoms with van der Waals surface area (Å²) in [7, 11) is 1.57. The number of urea groups is 1. The summed E-state index contributed by atoms with van der Waals surface area (Å²) in [5, 5.41) is 9.54. The first kappa shape index (κ1) is 15.5. The predicted molar refractivity (Wildman–Crippen MR) is 88.3 cm³/mol. The lowest BCUT2D eigenvalue weighted by Crippen LogP contribution is -2.24. The molecule has 0 fully saturated rings. The third-order valence-corrected chi connectivity index (χ3v) is 3.74. The second-order valence-electron chi connectivity index (χ2n) is 4.35. The Morgan fingerprint density at radius 1 is 1.05 bits per heavy atom. The monoisotopic (exact) mass is 323 g/mol. The summed E-state index contributed by atoms with van der Waals surface area (Å²) < 4.78 is 0. The third-order valence-electron chi connectivity index (χ3n) is 2.88. The lowest BCUT2D eigenvalue weighted by molar-refractivity contribution is 0.254. The lowest BCUT2D eigenvalue weighted by Gasteiger charge is -2.10. The number of benzene rings is 2. The maximum Gasteiger partial charge on any atom is 0.318 e. The maximum absolute atomic E-state index is 11.2. The van der Waals surface area contributed by atoms with Gasteiger partial charge in [0.05, 0.1) is 10.0 Å². The molecule has 4 nitrogen and oxygen atoms in total. The topological polar surface area (TPSA) is 53.2 Å². The molecular weight excluding hydrogens is 309 g/mol. The number of hydrogen-bond acceptors (Lipinski definition) is 2. The van der Waals surface area contributed by atoms with Gasteiger partial charge in [-0.05, 0) is 35.9 Å². The summed E-state index contributed by atoms with van der Waals surface area (Å²) in [6.07, 6.45) is 0. The molecule has 2 amide bonds. The van der Waals surface area contributed by atoms with Gasteiger partial charge in [0.15, 0.2) is 0 Å². The Kier molecular flexibility index (Phi) is 5.31. The van der Waals surface area contributed by atoms with Gasteiger partial charge in [0.1, 0.15) is 0 Å². The zero-order chi connectivity index (χ0) is 15.2. The average molecular weight is 324 g/mol. The highest BCUT2D eigenvalue weighted by Gasteiger charge is 2.04. The van der Waals surface area contributed by atoms with Gasteiger partial charge in [0.25, 0.3) is 0 Å². The molecule has 21 heavy (non-hydrogen) atoms. The third kappa shape index (κ3) is 4.28. The summed E-state index contributed by atoms with van der Waals surface area (Å²) >= 11 is 12.1. The van der Waals surface area contributed by atoms with Crippen LogP contribution in [0.1, 0.15) is 5.56 Å². The van der Waals surface area contributed by atoms with Crippen LogP contribution in [0.5, 0.6) is 0 Å². The first-order chi connectivity index (χ1) is 10.1. The molecule has 0 saturated heterocycles. The Labute approximate surface area is 133 Å². The van der Waals surface area contributed by atoms with Crippen molar-refractivity contribution in [3.05, 3.63) is 58.1 Å². The molecule has 0 saturated carbocycles. The largest absolute Gasteiger partial charge is 0.381 e. The minimum Gasteiger partial charge on any atom is -0.381 e. The number of amides is 2. The zero-order valence-electron chi connectivity index (χ0n) is 11.4. The van der Waals surface area contributed by atoms with Gasteiger partial charge in [-0.2, -0.15) is 0 Å². The molecule has 0 unspecified atom stereocenters. The Hall–Kier alpha value is -1.91. The highest BCUT2D eigenvalue weighted by atomic mass is 35.5. The van der Waals surface area contributed by atoms with Crippen molar-refractivity contribution >= 4 is 40.6 Å². The first-order valence-electron chi connectivity index (χ1n) is 6.35. The van der Waals surface area contributed by atoms with Gasteiger partial charge in [-0.25, -0.2) is 4.79 Å². The van der Waals surface area contributed by atoms with Crippen LogP contribution in [0.4, 0.5) is 16.2 Å². The lowest BCUT2D eigenvalue weighted by atomic mass is 10.2. The Bertz CT molecular complexity index is 629. The van der Waals surface area contributed by atoms with Crippen LogP contribution < -0.4 is 16.0 Å². The van der Waals surface area contributed by atoms with Gasteiger partial charge in [-0.3, -0.25) is 0 Å². The van der Waals surface area contributed by atoms with Crippen LogP contribution in [0.15, 0.2) is 42.5 Å². The molecule has 2 aromatic rings. The molecule has 0 bridgehead atoms. The number of nitrogens with one attached hydrogen (secondary N) is 3. The molecule has 3 N–H and O–H groups in total. The van der Waals surface area contributed by atoms with Crippen LogP contribution in [0.25, 0.3) is 0 Å². The van der Waals surface area contributed by atoms with Gasteiger partial charge in [0, 0.05) is 25.0 Å². The van der Waals surface area contributed by atoms with Crippen LogP contribution in [-0.4, -0.2) is 13.1 Å². The van der Waals surface area contributed by atoms with E-state index < -0.39 is 0 Å². The molecule has 0 aliphatic rings. The van der Waals surface area contributed by atoms with Gasteiger partial charge >= 0.3 is 6.03 Å². The van der Waals surface area contributed by atoms with Crippen LogP contribution >= 0.6 is 23.2 Å². The van der Waals surface area contributed by atoms with Crippen molar-refractivity contribution in [2.45, 2.75) is 6.54 Å². The van der Waals surface area contributed by atoms with E-state index in [2.05, 4.69) is 16.0 Å². The number of hydrogen-bond donors (Lipinski definition) is 3. The standard InChI is InChI=1S/C15H15Cl2N3O/c1-18-15(21)20-12-7-5-11(6-8-12)19-9-10-3-2-4-13(16)14(10)17/h2-8,19H,9H2,1H3,(H2,18,20,21). The van der Waals surface area contributed by atoms with Crippen molar-refractivity contribution in [2.24, 2.45) is 0 Å². The molecule has 0 aromatic heterocycles. The summed E-state index contributed by atoms with van der Waals surface area (Å²) in [5.41, 5.74) is 2.57. The number of anilines is 2. The number of carbonyl (C=O) groups is 1. The van der Waals surface area contributed by atoms with E-state index in [1.54, 1.807) is 13.1 Å². The van der Waals surface area contributed by atoms with Crippen molar-refractivity contribution in [1.29, 1.82) is 0 Å². The van der Waals surface area contributed by atoms with Crippen LogP contribution in [0.2, 0.25) is 10.0 Å². The van der Waals surface area contributed by atoms with E-state index in [4.69, 9.17) is 23.2 Å². The smallest absolute Gasteiger partial charge is 0.318 e. The van der Waals surface area contributed by atoms with Crippen LogP contribution in [0.3, 0.4) is 0 Å². The van der Waals surface area contributed by atoms with E-state index in [9.17, 15) is 4.79 Å². The van der Waals surface area contributed by atoms with Gasteiger partial charge in [-0.1, -0.05) is 35.3 Å². The summed E-state index contributed by atoms with van der Waals surface area (Å²) in [6.45, 7) is 0.571. The number of carbonyl (C=O) groups excluding carboxylic acids is 1. The normalized spacial score (nSPS) is 10.0. The Balaban J connectivity index is 1.97. The average Bonchev–Trinajstić information content (AvgIpc) is 2.50. The zero-order valence-corrected chi connectivity index (χ0v) is 12.9. The van der Waals surface area contributed by atoms with E-state index in [1.165, 1.54) is 0 Å². The minimum atomic E-state index is -0.249. The summed E-state index contributed by atoms with van der Waals surface area (Å²) in [6, 6.07) is 12.7. The first-order valence-corrected chi connectivity index (χ1v) is 7.11. The molecule has 2 rings (SSSR count). The summed E-state index contributed by atoms with van der Waals surface area (Å²) in [4.78, 5) is 11.2. The maximum atomic E-state index is 11.2. The Morgan fingerprint density at radius 3 is 2.38 bits per heavy atom. The molecule has 0 aliphatic heterocycles. The fourth-order valence-electron chi connectivity index (χ4n) is 1.75. The quantitative estimate of drug-likeness (QED) is 0.783. The van der Waals surface area contributed by atoms with Crippen molar-refractivity contribution in [3.63, 3.8) is 0 Å².